The number of hydrogen-bond acceptors (Lipinski definition) is 2. The summed E-state index contributed by atoms with van der Waals surface area (Å²) < 4.78 is 26.6. The van der Waals surface area contributed by atoms with Gasteiger partial charge in [-0.15, -0.1) is 0 Å². The lowest BCUT2D eigenvalue weighted by Crippen LogP contribution is -2.12. The van der Waals surface area contributed by atoms with Gasteiger partial charge in [0.05, 0.1) is 10.2 Å². The van der Waals surface area contributed by atoms with Gasteiger partial charge in [0.1, 0.15) is 12.2 Å². The average Bonchev–Trinajstić information content (AvgIpc) is 2.92. The molecule has 0 aromatic carbocycles. The van der Waals surface area contributed by atoms with Gasteiger partial charge >= 0.3 is 5.97 Å². The van der Waals surface area contributed by atoms with Crippen LogP contribution >= 0.6 is 15.9 Å². The van der Waals surface area contributed by atoms with Crippen LogP contribution in [0.1, 0.15) is 36.6 Å². The molecule has 1 heterocycles. The van der Waals surface area contributed by atoms with Gasteiger partial charge in [0.15, 0.2) is 0 Å². The number of carbonyl (C=O) groups is 1. The summed E-state index contributed by atoms with van der Waals surface area (Å²) in [5.41, 5.74) is 0.209. The number of carboxylic acids is 1. The molecule has 0 saturated heterocycles. The van der Waals surface area contributed by atoms with Crippen molar-refractivity contribution in [2.75, 3.05) is 0 Å². The summed E-state index contributed by atoms with van der Waals surface area (Å²) in [7, 11) is 0. The first-order valence-electron chi connectivity index (χ1n) is 4.76. The minimum atomic E-state index is -2.69. The predicted molar refractivity (Wildman–Crippen MR) is 54.5 cm³/mol. The monoisotopic (exact) mass is 294 g/mol. The first kappa shape index (κ1) is 11.5. The molecule has 16 heavy (non-hydrogen) atoms. The number of carboxylic acid groups (broad SMARTS) is 1. The summed E-state index contributed by atoms with van der Waals surface area (Å²) >= 11 is 3.08. The third kappa shape index (κ3) is 2.09. The molecule has 88 valence electrons. The van der Waals surface area contributed by atoms with E-state index in [1.54, 1.807) is 0 Å². The maximum Gasteiger partial charge on any atom is 0.325 e. The first-order valence-corrected chi connectivity index (χ1v) is 5.56. The Morgan fingerprint density at radius 1 is 1.62 bits per heavy atom. The van der Waals surface area contributed by atoms with Crippen LogP contribution in [0.3, 0.4) is 0 Å². The third-order valence-electron chi connectivity index (χ3n) is 2.41. The molecule has 0 unspecified atom stereocenters. The predicted octanol–water partition coefficient (Wildman–Crippen LogP) is 2.55. The maximum absolute atomic E-state index is 12.6. The second-order valence-electron chi connectivity index (χ2n) is 3.71. The van der Waals surface area contributed by atoms with E-state index in [1.807, 2.05) is 0 Å². The fraction of sp³-hybridized carbons (Fsp3) is 0.556. The van der Waals surface area contributed by atoms with E-state index >= 15 is 0 Å². The highest BCUT2D eigenvalue weighted by Gasteiger charge is 2.33. The van der Waals surface area contributed by atoms with Crippen LogP contribution in [-0.4, -0.2) is 20.9 Å². The van der Waals surface area contributed by atoms with Gasteiger partial charge in [-0.25, -0.2) is 8.78 Å². The number of aliphatic carboxylic acids is 1. The summed E-state index contributed by atoms with van der Waals surface area (Å²) in [6.07, 6.45) is -0.902. The molecule has 1 aliphatic rings. The van der Waals surface area contributed by atoms with Crippen LogP contribution in [0, 0.1) is 0 Å². The highest BCUT2D eigenvalue weighted by molar-refractivity contribution is 9.10. The zero-order chi connectivity index (χ0) is 11.9. The topological polar surface area (TPSA) is 55.1 Å². The molecule has 1 N–H and O–H groups in total. The number of rotatable bonds is 4. The van der Waals surface area contributed by atoms with E-state index in [9.17, 15) is 13.6 Å². The van der Waals surface area contributed by atoms with E-state index in [0.717, 1.165) is 17.5 Å². The number of halogens is 3. The van der Waals surface area contributed by atoms with Crippen molar-refractivity contribution in [1.29, 1.82) is 0 Å². The third-order valence-corrected chi connectivity index (χ3v) is 3.22. The summed E-state index contributed by atoms with van der Waals surface area (Å²) in [4.78, 5) is 10.6. The van der Waals surface area contributed by atoms with E-state index in [0.29, 0.717) is 5.69 Å². The summed E-state index contributed by atoms with van der Waals surface area (Å²) in [6.45, 7) is -0.378. The highest BCUT2D eigenvalue weighted by Crippen LogP contribution is 2.45. The minimum Gasteiger partial charge on any atom is -0.480 e. The Kier molecular flexibility index (Phi) is 2.96. The van der Waals surface area contributed by atoms with Crippen molar-refractivity contribution in [3.63, 3.8) is 0 Å². The zero-order valence-electron chi connectivity index (χ0n) is 8.16. The average molecular weight is 295 g/mol. The second-order valence-corrected chi connectivity index (χ2v) is 4.50. The summed E-state index contributed by atoms with van der Waals surface area (Å²) in [5, 5.41) is 12.3. The van der Waals surface area contributed by atoms with Crippen LogP contribution in [0.2, 0.25) is 0 Å². The van der Waals surface area contributed by atoms with Crippen LogP contribution in [-0.2, 0) is 11.3 Å². The van der Waals surface area contributed by atoms with E-state index < -0.39 is 12.4 Å². The molecule has 1 aromatic heterocycles. The van der Waals surface area contributed by atoms with E-state index in [2.05, 4.69) is 21.0 Å². The standard InChI is InChI=1S/C9H9BrF2N2O2/c10-6-7(9(11)12)13-14(3-5(15)16)8(6)4-1-2-4/h4,9H,1-3H2,(H,15,16). The van der Waals surface area contributed by atoms with Crippen molar-refractivity contribution in [2.24, 2.45) is 0 Å². The quantitative estimate of drug-likeness (QED) is 0.928. The molecule has 0 amide bonds. The molecule has 0 radical (unpaired) electrons. The molecule has 1 saturated carbocycles. The summed E-state index contributed by atoms with van der Waals surface area (Å²) in [6, 6.07) is 0. The van der Waals surface area contributed by atoms with Gasteiger partial charge in [0.2, 0.25) is 0 Å². The minimum absolute atomic E-state index is 0.161. The van der Waals surface area contributed by atoms with Crippen LogP contribution in [0.5, 0.6) is 0 Å². The lowest BCUT2D eigenvalue weighted by atomic mass is 10.2. The Labute approximate surface area is 98.4 Å². The molecule has 4 nitrogen and oxygen atoms in total. The number of nitrogens with zero attached hydrogens (tertiary/aromatic N) is 2. The lowest BCUT2D eigenvalue weighted by Gasteiger charge is -2.02. The van der Waals surface area contributed by atoms with Gasteiger partial charge in [-0.05, 0) is 28.8 Å². The highest BCUT2D eigenvalue weighted by atomic mass is 79.9. The Balaban J connectivity index is 2.41. The fourth-order valence-electron chi connectivity index (χ4n) is 1.61. The van der Waals surface area contributed by atoms with E-state index in [4.69, 9.17) is 5.11 Å². The van der Waals surface area contributed by atoms with Gasteiger partial charge in [-0.3, -0.25) is 9.48 Å². The van der Waals surface area contributed by atoms with Gasteiger partial charge in [0.25, 0.3) is 6.43 Å². The fourth-order valence-corrected chi connectivity index (χ4v) is 2.39. The van der Waals surface area contributed by atoms with Crippen LogP contribution in [0.4, 0.5) is 8.78 Å². The van der Waals surface area contributed by atoms with Crippen molar-refractivity contribution >= 4 is 21.9 Å². The SMILES string of the molecule is O=C(O)Cn1nc(C(F)F)c(Br)c1C1CC1. The Morgan fingerprint density at radius 2 is 2.25 bits per heavy atom. The van der Waals surface area contributed by atoms with Gasteiger partial charge < -0.3 is 5.11 Å². The Bertz CT molecular complexity index is 429. The Hall–Kier alpha value is -0.980. The molecule has 1 aromatic rings. The van der Waals surface area contributed by atoms with Crippen molar-refractivity contribution < 1.29 is 18.7 Å². The van der Waals surface area contributed by atoms with Crippen molar-refractivity contribution in [1.82, 2.24) is 9.78 Å². The number of aromatic nitrogens is 2. The molecule has 0 bridgehead atoms. The van der Waals surface area contributed by atoms with Gasteiger partial charge in [0, 0.05) is 5.92 Å². The Morgan fingerprint density at radius 3 is 2.69 bits per heavy atom. The zero-order valence-corrected chi connectivity index (χ0v) is 9.75. The molecule has 0 atom stereocenters. The molecular formula is C9H9BrF2N2O2. The van der Waals surface area contributed by atoms with E-state index in [-0.39, 0.29) is 22.6 Å². The lowest BCUT2D eigenvalue weighted by molar-refractivity contribution is -0.137. The van der Waals surface area contributed by atoms with Crippen molar-refractivity contribution in [2.45, 2.75) is 31.7 Å². The molecule has 0 aliphatic heterocycles. The molecule has 0 spiro atoms. The van der Waals surface area contributed by atoms with Crippen LogP contribution in [0.25, 0.3) is 0 Å². The smallest absolute Gasteiger partial charge is 0.325 e. The molecule has 1 aliphatic carbocycles. The normalized spacial score (nSPS) is 15.8. The van der Waals surface area contributed by atoms with Crippen molar-refractivity contribution in [3.8, 4) is 0 Å². The van der Waals surface area contributed by atoms with Crippen molar-refractivity contribution in [3.05, 3.63) is 15.9 Å². The maximum atomic E-state index is 12.6. The molecule has 2 rings (SSSR count). The molecular weight excluding hydrogens is 286 g/mol. The number of alkyl halides is 2. The second kappa shape index (κ2) is 4.12. The van der Waals surface area contributed by atoms with Gasteiger partial charge in [-0.1, -0.05) is 0 Å². The van der Waals surface area contributed by atoms with Crippen LogP contribution < -0.4 is 0 Å². The molecule has 7 heteroatoms. The van der Waals surface area contributed by atoms with E-state index in [1.165, 1.54) is 0 Å². The first-order chi connectivity index (χ1) is 7.50. The van der Waals surface area contributed by atoms with Gasteiger partial charge in [-0.2, -0.15) is 5.10 Å². The van der Waals surface area contributed by atoms with Crippen LogP contribution in [0.15, 0.2) is 4.47 Å². The number of hydrogen-bond donors (Lipinski definition) is 1. The largest absolute Gasteiger partial charge is 0.480 e. The summed E-state index contributed by atoms with van der Waals surface area (Å²) in [5.74, 6) is -0.925. The molecule has 1 fully saturated rings.